The van der Waals surface area contributed by atoms with Crippen LogP contribution in [0, 0.1) is 17.0 Å². The average molecular weight is 404 g/mol. The first kappa shape index (κ1) is 19.5. The Hall–Kier alpha value is -3.81. The highest BCUT2D eigenvalue weighted by molar-refractivity contribution is 5.92. The smallest absolute Gasteiger partial charge is 0.269 e. The summed E-state index contributed by atoms with van der Waals surface area (Å²) < 4.78 is 5.47. The normalized spacial score (nSPS) is 16.3. The van der Waals surface area contributed by atoms with Crippen molar-refractivity contribution in [2.45, 2.75) is 25.8 Å². The average Bonchev–Trinajstić information content (AvgIpc) is 3.42. The van der Waals surface area contributed by atoms with Crippen LogP contribution in [0.3, 0.4) is 0 Å². The highest BCUT2D eigenvalue weighted by Gasteiger charge is 2.33. The van der Waals surface area contributed by atoms with Crippen LogP contribution in [0.25, 0.3) is 17.5 Å². The molecule has 4 rings (SSSR count). The van der Waals surface area contributed by atoms with Gasteiger partial charge < -0.3 is 9.42 Å². The van der Waals surface area contributed by atoms with Gasteiger partial charge >= 0.3 is 0 Å². The third kappa shape index (κ3) is 4.12. The fourth-order valence-electron chi connectivity index (χ4n) is 3.45. The summed E-state index contributed by atoms with van der Waals surface area (Å²) in [7, 11) is 0. The van der Waals surface area contributed by atoms with E-state index in [2.05, 4.69) is 10.1 Å². The van der Waals surface area contributed by atoms with E-state index in [0.717, 1.165) is 24.0 Å². The van der Waals surface area contributed by atoms with Crippen molar-refractivity contribution in [3.05, 3.63) is 81.7 Å². The highest BCUT2D eigenvalue weighted by Crippen LogP contribution is 2.32. The molecule has 0 bridgehead atoms. The summed E-state index contributed by atoms with van der Waals surface area (Å²) in [5.74, 6) is 0.775. The molecule has 1 unspecified atom stereocenters. The third-order valence-corrected chi connectivity index (χ3v) is 5.09. The topological polar surface area (TPSA) is 102 Å². The summed E-state index contributed by atoms with van der Waals surface area (Å²) in [5, 5.41) is 14.8. The van der Waals surface area contributed by atoms with Gasteiger partial charge in [0, 0.05) is 30.3 Å². The summed E-state index contributed by atoms with van der Waals surface area (Å²) in [4.78, 5) is 29.2. The summed E-state index contributed by atoms with van der Waals surface area (Å²) in [6.45, 7) is 2.62. The van der Waals surface area contributed by atoms with Crippen LogP contribution in [0.2, 0.25) is 0 Å². The Kier molecular flexibility index (Phi) is 5.38. The second-order valence-corrected chi connectivity index (χ2v) is 7.19. The number of carbonyl (C=O) groups is 1. The van der Waals surface area contributed by atoms with Crippen molar-refractivity contribution in [1.29, 1.82) is 0 Å². The first-order chi connectivity index (χ1) is 14.5. The number of hydrogen-bond acceptors (Lipinski definition) is 6. The van der Waals surface area contributed by atoms with Crippen LogP contribution in [-0.2, 0) is 4.79 Å². The Morgan fingerprint density at radius 1 is 1.20 bits per heavy atom. The lowest BCUT2D eigenvalue weighted by molar-refractivity contribution is -0.384. The summed E-state index contributed by atoms with van der Waals surface area (Å²) in [6.07, 6.45) is 4.72. The van der Waals surface area contributed by atoms with E-state index in [1.54, 1.807) is 23.1 Å². The molecule has 1 fully saturated rings. The fourth-order valence-corrected chi connectivity index (χ4v) is 3.45. The van der Waals surface area contributed by atoms with E-state index >= 15 is 0 Å². The van der Waals surface area contributed by atoms with Gasteiger partial charge in [0.05, 0.1) is 4.92 Å². The Labute approximate surface area is 173 Å². The molecule has 30 heavy (non-hydrogen) atoms. The number of non-ortho nitro benzene ring substituents is 1. The van der Waals surface area contributed by atoms with Gasteiger partial charge in [0.15, 0.2) is 0 Å². The molecule has 3 aromatic rings. The first-order valence-electron chi connectivity index (χ1n) is 9.65. The monoisotopic (exact) mass is 404 g/mol. The Morgan fingerprint density at radius 3 is 2.63 bits per heavy atom. The number of nitro groups is 1. The molecular formula is C22H20N4O4. The van der Waals surface area contributed by atoms with Crippen molar-refractivity contribution >= 4 is 17.7 Å². The summed E-state index contributed by atoms with van der Waals surface area (Å²) >= 11 is 0. The molecule has 1 aliphatic rings. The molecule has 8 nitrogen and oxygen atoms in total. The van der Waals surface area contributed by atoms with E-state index in [1.165, 1.54) is 18.2 Å². The number of rotatable bonds is 5. The lowest BCUT2D eigenvalue weighted by Gasteiger charge is -2.20. The maximum absolute atomic E-state index is 12.7. The van der Waals surface area contributed by atoms with E-state index in [0.29, 0.717) is 23.8 Å². The number of aromatic nitrogens is 2. The first-order valence-corrected chi connectivity index (χ1v) is 9.65. The fraction of sp³-hybridized carbons (Fsp3) is 0.227. The van der Waals surface area contributed by atoms with Gasteiger partial charge in [0.2, 0.25) is 17.6 Å². The minimum Gasteiger partial charge on any atom is -0.337 e. The Balaban J connectivity index is 1.47. The van der Waals surface area contributed by atoms with Crippen LogP contribution in [0.1, 0.15) is 35.9 Å². The number of nitrogens with zero attached hydrogens (tertiary/aromatic N) is 4. The van der Waals surface area contributed by atoms with Gasteiger partial charge in [-0.15, -0.1) is 0 Å². The lowest BCUT2D eigenvalue weighted by atomic mass is 10.1. The predicted molar refractivity (Wildman–Crippen MR) is 110 cm³/mol. The number of aryl methyl sites for hydroxylation is 1. The van der Waals surface area contributed by atoms with Gasteiger partial charge in [-0.1, -0.05) is 35.0 Å². The van der Waals surface area contributed by atoms with Gasteiger partial charge in [-0.05, 0) is 43.5 Å². The van der Waals surface area contributed by atoms with Gasteiger partial charge in [-0.3, -0.25) is 14.9 Å². The van der Waals surface area contributed by atoms with Crippen molar-refractivity contribution < 1.29 is 14.2 Å². The van der Waals surface area contributed by atoms with E-state index in [-0.39, 0.29) is 17.6 Å². The quantitative estimate of drug-likeness (QED) is 0.356. The molecule has 1 saturated heterocycles. The van der Waals surface area contributed by atoms with Crippen molar-refractivity contribution in [2.75, 3.05) is 6.54 Å². The van der Waals surface area contributed by atoms with Crippen LogP contribution in [-0.4, -0.2) is 32.4 Å². The van der Waals surface area contributed by atoms with Crippen LogP contribution in [0.5, 0.6) is 0 Å². The van der Waals surface area contributed by atoms with Crippen molar-refractivity contribution in [3.8, 4) is 11.4 Å². The molecule has 1 amide bonds. The number of nitro benzene ring substituents is 1. The van der Waals surface area contributed by atoms with Gasteiger partial charge in [0.25, 0.3) is 5.69 Å². The van der Waals surface area contributed by atoms with Crippen LogP contribution < -0.4 is 0 Å². The molecule has 0 N–H and O–H groups in total. The molecule has 0 spiro atoms. The minimum absolute atomic E-state index is 0.0128. The molecule has 0 saturated carbocycles. The summed E-state index contributed by atoms with van der Waals surface area (Å²) in [6, 6.07) is 13.6. The van der Waals surface area contributed by atoms with E-state index in [1.807, 2.05) is 31.2 Å². The van der Waals surface area contributed by atoms with Crippen molar-refractivity contribution in [3.63, 3.8) is 0 Å². The number of carbonyl (C=O) groups excluding carboxylic acids is 1. The third-order valence-electron chi connectivity index (χ3n) is 5.09. The van der Waals surface area contributed by atoms with E-state index in [9.17, 15) is 14.9 Å². The minimum atomic E-state index is -0.456. The lowest BCUT2D eigenvalue weighted by Crippen LogP contribution is -2.29. The SMILES string of the molecule is Cc1ccc(-c2noc(C3CCCN3C(=O)C=Cc3ccc([N+](=O)[O-])cc3)n2)cc1. The molecule has 1 atom stereocenters. The maximum Gasteiger partial charge on any atom is 0.269 e. The predicted octanol–water partition coefficient (Wildman–Crippen LogP) is 4.33. The largest absolute Gasteiger partial charge is 0.337 e. The Bertz CT molecular complexity index is 1090. The van der Waals surface area contributed by atoms with Gasteiger partial charge in [-0.2, -0.15) is 4.98 Å². The molecular weight excluding hydrogens is 384 g/mol. The van der Waals surface area contributed by atoms with Crippen LogP contribution >= 0.6 is 0 Å². The molecule has 0 aliphatic carbocycles. The second kappa shape index (κ2) is 8.28. The molecule has 1 aromatic heterocycles. The van der Waals surface area contributed by atoms with Crippen molar-refractivity contribution in [2.24, 2.45) is 0 Å². The van der Waals surface area contributed by atoms with E-state index in [4.69, 9.17) is 4.52 Å². The maximum atomic E-state index is 12.7. The second-order valence-electron chi connectivity index (χ2n) is 7.19. The molecule has 2 heterocycles. The highest BCUT2D eigenvalue weighted by atomic mass is 16.6. The molecule has 8 heteroatoms. The summed E-state index contributed by atoms with van der Waals surface area (Å²) in [5.41, 5.74) is 2.74. The number of likely N-dealkylation sites (tertiary alicyclic amines) is 1. The standard InChI is InChI=1S/C22H20N4O4/c1-15-4-9-17(10-5-15)21-23-22(30-24-21)19-3-2-14-25(19)20(27)13-8-16-6-11-18(12-7-16)26(28)29/h4-13,19H,2-3,14H2,1H3. The number of benzene rings is 2. The molecule has 152 valence electrons. The number of hydrogen-bond donors (Lipinski definition) is 0. The van der Waals surface area contributed by atoms with Gasteiger partial charge in [0.1, 0.15) is 6.04 Å². The zero-order chi connectivity index (χ0) is 21.1. The number of amides is 1. The molecule has 1 aliphatic heterocycles. The Morgan fingerprint density at radius 2 is 1.93 bits per heavy atom. The van der Waals surface area contributed by atoms with Crippen LogP contribution in [0.15, 0.2) is 59.1 Å². The van der Waals surface area contributed by atoms with Crippen molar-refractivity contribution in [1.82, 2.24) is 15.0 Å². The van der Waals surface area contributed by atoms with E-state index < -0.39 is 4.92 Å². The zero-order valence-electron chi connectivity index (χ0n) is 16.4. The molecule has 0 radical (unpaired) electrons. The molecule has 2 aromatic carbocycles. The zero-order valence-corrected chi connectivity index (χ0v) is 16.4. The van der Waals surface area contributed by atoms with Gasteiger partial charge in [-0.25, -0.2) is 0 Å². The van der Waals surface area contributed by atoms with Crippen LogP contribution in [0.4, 0.5) is 5.69 Å².